The van der Waals surface area contributed by atoms with Gasteiger partial charge in [0, 0.05) is 6.54 Å². The molecule has 1 atom stereocenters. The first-order chi connectivity index (χ1) is 7.62. The second kappa shape index (κ2) is 6.20. The maximum atomic E-state index is 12.3. The standard InChI is InChI=1S/C8H14F3NO4S/c1-16-7(13)2-3-17(14,15)5-6(4-12)8(9,10)11/h6H,2-5,12H2,1H3. The average molecular weight is 277 g/mol. The molecule has 0 bridgehead atoms. The van der Waals surface area contributed by atoms with E-state index in [2.05, 4.69) is 4.74 Å². The third-order valence-corrected chi connectivity index (χ3v) is 3.78. The third-order valence-electron chi connectivity index (χ3n) is 2.05. The van der Waals surface area contributed by atoms with Crippen molar-refractivity contribution < 1.29 is 31.1 Å². The Balaban J connectivity index is 4.48. The average Bonchev–Trinajstić information content (AvgIpc) is 2.21. The SMILES string of the molecule is COC(=O)CCS(=O)(=O)CC(CN)C(F)(F)F. The summed E-state index contributed by atoms with van der Waals surface area (Å²) in [5.41, 5.74) is 4.87. The number of carbonyl (C=O) groups is 1. The minimum absolute atomic E-state index is 0.464. The van der Waals surface area contributed by atoms with Crippen molar-refractivity contribution >= 4 is 15.8 Å². The Hall–Kier alpha value is -0.830. The van der Waals surface area contributed by atoms with Gasteiger partial charge in [0.1, 0.15) is 0 Å². The second-order valence-electron chi connectivity index (χ2n) is 3.41. The molecule has 0 heterocycles. The molecule has 5 nitrogen and oxygen atoms in total. The van der Waals surface area contributed by atoms with Gasteiger partial charge in [-0.15, -0.1) is 0 Å². The third kappa shape index (κ3) is 6.47. The largest absolute Gasteiger partial charge is 0.469 e. The van der Waals surface area contributed by atoms with Crippen LogP contribution >= 0.6 is 0 Å². The van der Waals surface area contributed by atoms with Gasteiger partial charge in [-0.25, -0.2) is 8.42 Å². The second-order valence-corrected chi connectivity index (χ2v) is 5.64. The highest BCUT2D eigenvalue weighted by molar-refractivity contribution is 7.91. The summed E-state index contributed by atoms with van der Waals surface area (Å²) in [6.07, 6.45) is -5.12. The first-order valence-electron chi connectivity index (χ1n) is 4.66. The minimum atomic E-state index is -4.66. The molecule has 0 aliphatic rings. The van der Waals surface area contributed by atoms with Crippen molar-refractivity contribution in [2.24, 2.45) is 11.7 Å². The van der Waals surface area contributed by atoms with E-state index in [1.807, 2.05) is 0 Å². The first-order valence-corrected chi connectivity index (χ1v) is 6.48. The molecule has 0 aromatic carbocycles. The van der Waals surface area contributed by atoms with E-state index in [0.717, 1.165) is 7.11 Å². The molecule has 0 fully saturated rings. The highest BCUT2D eigenvalue weighted by Crippen LogP contribution is 2.26. The van der Waals surface area contributed by atoms with E-state index in [0.29, 0.717) is 0 Å². The monoisotopic (exact) mass is 277 g/mol. The van der Waals surface area contributed by atoms with Crippen LogP contribution in [0.15, 0.2) is 0 Å². The van der Waals surface area contributed by atoms with Crippen LogP contribution < -0.4 is 5.73 Å². The van der Waals surface area contributed by atoms with E-state index in [4.69, 9.17) is 5.73 Å². The summed E-state index contributed by atoms with van der Waals surface area (Å²) in [7, 11) is -2.92. The lowest BCUT2D eigenvalue weighted by Gasteiger charge is -2.18. The van der Waals surface area contributed by atoms with Gasteiger partial charge in [-0.1, -0.05) is 0 Å². The number of hydrogen-bond donors (Lipinski definition) is 1. The molecule has 0 radical (unpaired) electrons. The predicted molar refractivity (Wildman–Crippen MR) is 53.9 cm³/mol. The van der Waals surface area contributed by atoms with Crippen LogP contribution in [0, 0.1) is 5.92 Å². The molecule has 2 N–H and O–H groups in total. The van der Waals surface area contributed by atoms with E-state index in [9.17, 15) is 26.4 Å². The van der Waals surface area contributed by atoms with Crippen molar-refractivity contribution in [3.8, 4) is 0 Å². The van der Waals surface area contributed by atoms with Crippen LogP contribution in [0.3, 0.4) is 0 Å². The number of sulfone groups is 1. The summed E-state index contributed by atoms with van der Waals surface area (Å²) in [5.74, 6) is -4.67. The van der Waals surface area contributed by atoms with Crippen LogP contribution in [-0.4, -0.2) is 45.7 Å². The lowest BCUT2D eigenvalue weighted by molar-refractivity contribution is -0.165. The summed E-state index contributed by atoms with van der Waals surface area (Å²) >= 11 is 0. The highest BCUT2D eigenvalue weighted by atomic mass is 32.2. The van der Waals surface area contributed by atoms with Gasteiger partial charge in [-0.05, 0) is 0 Å². The van der Waals surface area contributed by atoms with Crippen molar-refractivity contribution in [3.05, 3.63) is 0 Å². The molecule has 9 heteroatoms. The molecule has 17 heavy (non-hydrogen) atoms. The zero-order valence-corrected chi connectivity index (χ0v) is 9.97. The van der Waals surface area contributed by atoms with Crippen LogP contribution in [0.25, 0.3) is 0 Å². The first kappa shape index (κ1) is 16.2. The number of carbonyl (C=O) groups excluding carboxylic acids is 1. The lowest BCUT2D eigenvalue weighted by atomic mass is 10.2. The van der Waals surface area contributed by atoms with Crippen molar-refractivity contribution in [1.29, 1.82) is 0 Å². The lowest BCUT2D eigenvalue weighted by Crippen LogP contribution is -2.36. The normalized spacial score (nSPS) is 14.4. The maximum Gasteiger partial charge on any atom is 0.393 e. The zero-order chi connectivity index (χ0) is 13.7. The Labute approximate surface area is 97.0 Å². The van der Waals surface area contributed by atoms with Gasteiger partial charge in [-0.3, -0.25) is 4.79 Å². The molecule has 0 amide bonds. The van der Waals surface area contributed by atoms with Gasteiger partial charge < -0.3 is 10.5 Å². The molecule has 0 spiro atoms. The summed E-state index contributed by atoms with van der Waals surface area (Å²) < 4.78 is 63.6. The molecule has 0 saturated carbocycles. The maximum absolute atomic E-state index is 12.3. The Morgan fingerprint density at radius 1 is 1.41 bits per heavy atom. The van der Waals surface area contributed by atoms with Crippen molar-refractivity contribution in [1.82, 2.24) is 0 Å². The number of ether oxygens (including phenoxy) is 1. The van der Waals surface area contributed by atoms with Crippen molar-refractivity contribution in [3.63, 3.8) is 0 Å². The van der Waals surface area contributed by atoms with Crippen molar-refractivity contribution in [2.45, 2.75) is 12.6 Å². The van der Waals surface area contributed by atoms with E-state index in [1.54, 1.807) is 0 Å². The van der Waals surface area contributed by atoms with E-state index < -0.39 is 52.4 Å². The van der Waals surface area contributed by atoms with Crippen LogP contribution in [0.1, 0.15) is 6.42 Å². The summed E-state index contributed by atoms with van der Waals surface area (Å²) in [6, 6.07) is 0. The summed E-state index contributed by atoms with van der Waals surface area (Å²) in [5, 5.41) is 0. The fraction of sp³-hybridized carbons (Fsp3) is 0.875. The number of halogens is 3. The van der Waals surface area contributed by atoms with E-state index in [-0.39, 0.29) is 0 Å². The van der Waals surface area contributed by atoms with Gasteiger partial charge >= 0.3 is 12.1 Å². The summed E-state index contributed by atoms with van der Waals surface area (Å²) in [4.78, 5) is 10.7. The Bertz CT molecular complexity index is 352. The van der Waals surface area contributed by atoms with Gasteiger partial charge in [0.25, 0.3) is 0 Å². The smallest absolute Gasteiger partial charge is 0.393 e. The fourth-order valence-corrected chi connectivity index (χ4v) is 2.61. The molecule has 0 saturated heterocycles. The van der Waals surface area contributed by atoms with Crippen LogP contribution in [0.4, 0.5) is 13.2 Å². The molecule has 0 rings (SSSR count). The number of nitrogens with two attached hydrogens (primary N) is 1. The number of alkyl halides is 3. The molecular formula is C8H14F3NO4S. The Morgan fingerprint density at radius 3 is 2.29 bits per heavy atom. The molecule has 0 aliphatic heterocycles. The zero-order valence-electron chi connectivity index (χ0n) is 9.16. The Kier molecular flexibility index (Phi) is 5.89. The van der Waals surface area contributed by atoms with Gasteiger partial charge in [0.05, 0.1) is 31.0 Å². The minimum Gasteiger partial charge on any atom is -0.469 e. The Morgan fingerprint density at radius 2 is 1.94 bits per heavy atom. The molecule has 0 aromatic heterocycles. The number of rotatable bonds is 6. The number of methoxy groups -OCH3 is 1. The molecular weight excluding hydrogens is 263 g/mol. The van der Waals surface area contributed by atoms with E-state index in [1.165, 1.54) is 0 Å². The van der Waals surface area contributed by atoms with Gasteiger partial charge in [-0.2, -0.15) is 13.2 Å². The number of hydrogen-bond acceptors (Lipinski definition) is 5. The van der Waals surface area contributed by atoms with Gasteiger partial charge in [0.2, 0.25) is 0 Å². The number of esters is 1. The molecule has 102 valence electrons. The topological polar surface area (TPSA) is 86.5 Å². The molecule has 1 unspecified atom stereocenters. The summed E-state index contributed by atoms with van der Waals surface area (Å²) in [6.45, 7) is -0.805. The van der Waals surface area contributed by atoms with Crippen molar-refractivity contribution in [2.75, 3.05) is 25.2 Å². The van der Waals surface area contributed by atoms with Gasteiger partial charge in [0.15, 0.2) is 9.84 Å². The van der Waals surface area contributed by atoms with E-state index >= 15 is 0 Å². The molecule has 0 aliphatic carbocycles. The van der Waals surface area contributed by atoms with Crippen LogP contribution in [-0.2, 0) is 19.4 Å². The quantitative estimate of drug-likeness (QED) is 0.696. The molecule has 0 aromatic rings. The fourth-order valence-electron chi connectivity index (χ4n) is 1.03. The highest BCUT2D eigenvalue weighted by Gasteiger charge is 2.41. The van der Waals surface area contributed by atoms with Crippen LogP contribution in [0.2, 0.25) is 0 Å². The van der Waals surface area contributed by atoms with Crippen LogP contribution in [0.5, 0.6) is 0 Å². The predicted octanol–water partition coefficient (Wildman–Crippen LogP) is 0.102.